The third-order valence-electron chi connectivity index (χ3n) is 5.32. The van der Waals surface area contributed by atoms with E-state index in [1.54, 1.807) is 31.4 Å². The van der Waals surface area contributed by atoms with Crippen LogP contribution in [-0.2, 0) is 20.5 Å². The molecule has 1 saturated heterocycles. The topological polar surface area (TPSA) is 99.4 Å². The molecular weight excluding hydrogens is 418 g/mol. The Morgan fingerprint density at radius 2 is 1.74 bits per heavy atom. The standard InChI is InChI=1S/C21H25N5O4S/c1-16-3-9-19(10-4-16)31(27,28)15-26-21(22-23-24-26)20(25-11-13-30-14-12-25)17-5-7-18(29-2)8-6-17/h3-10,20H,11-15H2,1-2H3. The van der Waals surface area contributed by atoms with Gasteiger partial charge in [0.15, 0.2) is 21.5 Å². The van der Waals surface area contributed by atoms with Gasteiger partial charge in [0, 0.05) is 13.1 Å². The second-order valence-corrected chi connectivity index (χ2v) is 9.38. The SMILES string of the molecule is COc1ccc(C(c2nnnn2CS(=O)(=O)c2ccc(C)cc2)N2CCOCC2)cc1. The molecule has 9 nitrogen and oxygen atoms in total. The minimum absolute atomic E-state index is 0.243. The van der Waals surface area contributed by atoms with Crippen molar-refractivity contribution in [1.29, 1.82) is 0 Å². The summed E-state index contributed by atoms with van der Waals surface area (Å²) in [6.45, 7) is 4.48. The van der Waals surface area contributed by atoms with E-state index < -0.39 is 9.84 Å². The Hall–Kier alpha value is -2.82. The van der Waals surface area contributed by atoms with Crippen molar-refractivity contribution >= 4 is 9.84 Å². The van der Waals surface area contributed by atoms with E-state index in [0.717, 1.165) is 16.9 Å². The molecule has 1 unspecified atom stereocenters. The average Bonchev–Trinajstić information content (AvgIpc) is 3.22. The molecule has 2 aromatic carbocycles. The fourth-order valence-electron chi connectivity index (χ4n) is 3.63. The number of rotatable bonds is 7. The van der Waals surface area contributed by atoms with E-state index in [9.17, 15) is 8.42 Å². The Morgan fingerprint density at radius 3 is 2.39 bits per heavy atom. The van der Waals surface area contributed by atoms with Crippen molar-refractivity contribution in [2.75, 3.05) is 33.4 Å². The first-order valence-corrected chi connectivity index (χ1v) is 11.6. The van der Waals surface area contributed by atoms with Crippen molar-refractivity contribution < 1.29 is 17.9 Å². The van der Waals surface area contributed by atoms with E-state index in [4.69, 9.17) is 9.47 Å². The van der Waals surface area contributed by atoms with Crippen LogP contribution in [0.4, 0.5) is 0 Å². The summed E-state index contributed by atoms with van der Waals surface area (Å²) in [5.41, 5.74) is 1.94. The van der Waals surface area contributed by atoms with Crippen molar-refractivity contribution in [1.82, 2.24) is 25.1 Å². The molecule has 1 fully saturated rings. The van der Waals surface area contributed by atoms with Crippen LogP contribution in [-0.4, -0.2) is 66.9 Å². The summed E-state index contributed by atoms with van der Waals surface area (Å²) in [5, 5.41) is 12.0. The van der Waals surface area contributed by atoms with E-state index in [1.165, 1.54) is 4.68 Å². The molecule has 1 aliphatic rings. The van der Waals surface area contributed by atoms with Gasteiger partial charge in [0.05, 0.1) is 31.3 Å². The molecule has 0 radical (unpaired) electrons. The molecule has 0 spiro atoms. The number of hydrogen-bond donors (Lipinski definition) is 0. The molecule has 0 aliphatic carbocycles. The number of hydrogen-bond acceptors (Lipinski definition) is 8. The molecule has 0 amide bonds. The molecule has 1 atom stereocenters. The summed E-state index contributed by atoms with van der Waals surface area (Å²) >= 11 is 0. The third kappa shape index (κ3) is 4.76. The zero-order valence-corrected chi connectivity index (χ0v) is 18.3. The Kier molecular flexibility index (Phi) is 6.30. The van der Waals surface area contributed by atoms with Gasteiger partial charge in [0.2, 0.25) is 0 Å². The van der Waals surface area contributed by atoms with E-state index >= 15 is 0 Å². The predicted molar refractivity (Wildman–Crippen MR) is 113 cm³/mol. The molecule has 0 N–H and O–H groups in total. The van der Waals surface area contributed by atoms with E-state index in [-0.39, 0.29) is 16.8 Å². The molecule has 4 rings (SSSR count). The van der Waals surface area contributed by atoms with Crippen molar-refractivity contribution in [3.8, 4) is 5.75 Å². The maximum absolute atomic E-state index is 13.0. The molecule has 3 aromatic rings. The van der Waals surface area contributed by atoms with Crippen LogP contribution in [0.2, 0.25) is 0 Å². The molecule has 2 heterocycles. The number of ether oxygens (including phenoxy) is 2. The monoisotopic (exact) mass is 443 g/mol. The molecular formula is C21H25N5O4S. The Bertz CT molecular complexity index is 1110. The van der Waals surface area contributed by atoms with Gasteiger partial charge in [-0.3, -0.25) is 4.90 Å². The number of tetrazole rings is 1. The highest BCUT2D eigenvalue weighted by molar-refractivity contribution is 7.90. The summed E-state index contributed by atoms with van der Waals surface area (Å²) in [4.78, 5) is 2.44. The minimum atomic E-state index is -3.62. The minimum Gasteiger partial charge on any atom is -0.497 e. The van der Waals surface area contributed by atoms with Crippen LogP contribution in [0.5, 0.6) is 5.75 Å². The summed E-state index contributed by atoms with van der Waals surface area (Å²) in [6.07, 6.45) is 0. The molecule has 1 aliphatic heterocycles. The molecule has 10 heteroatoms. The number of sulfone groups is 1. The highest BCUT2D eigenvalue weighted by Gasteiger charge is 2.30. The highest BCUT2D eigenvalue weighted by Crippen LogP contribution is 2.29. The normalized spacial score (nSPS) is 16.2. The van der Waals surface area contributed by atoms with Gasteiger partial charge in [-0.25, -0.2) is 13.1 Å². The lowest BCUT2D eigenvalue weighted by Gasteiger charge is -2.33. The van der Waals surface area contributed by atoms with Crippen molar-refractivity contribution in [2.24, 2.45) is 0 Å². The van der Waals surface area contributed by atoms with Gasteiger partial charge in [-0.2, -0.15) is 0 Å². The number of benzene rings is 2. The van der Waals surface area contributed by atoms with Gasteiger partial charge in [-0.1, -0.05) is 29.8 Å². The van der Waals surface area contributed by atoms with E-state index in [0.29, 0.717) is 32.1 Å². The summed E-state index contributed by atoms with van der Waals surface area (Å²) in [6, 6.07) is 14.1. The lowest BCUT2D eigenvalue weighted by atomic mass is 10.0. The van der Waals surface area contributed by atoms with Crippen LogP contribution < -0.4 is 4.74 Å². The zero-order chi connectivity index (χ0) is 21.8. The molecule has 1 aromatic heterocycles. The lowest BCUT2D eigenvalue weighted by molar-refractivity contribution is 0.0217. The van der Waals surface area contributed by atoms with Crippen molar-refractivity contribution in [3.05, 3.63) is 65.5 Å². The largest absolute Gasteiger partial charge is 0.497 e. The second-order valence-electron chi connectivity index (χ2n) is 7.42. The Balaban J connectivity index is 1.69. The average molecular weight is 444 g/mol. The Labute approximate surface area is 181 Å². The van der Waals surface area contributed by atoms with Gasteiger partial charge >= 0.3 is 0 Å². The van der Waals surface area contributed by atoms with Gasteiger partial charge in [0.25, 0.3) is 0 Å². The van der Waals surface area contributed by atoms with E-state index in [1.807, 2.05) is 31.2 Å². The quantitative estimate of drug-likeness (QED) is 0.545. The fourth-order valence-corrected chi connectivity index (χ4v) is 4.83. The van der Waals surface area contributed by atoms with Gasteiger partial charge in [0.1, 0.15) is 5.75 Å². The lowest BCUT2D eigenvalue weighted by Crippen LogP contribution is -2.40. The maximum atomic E-state index is 13.0. The molecule has 0 saturated carbocycles. The van der Waals surface area contributed by atoms with Crippen LogP contribution >= 0.6 is 0 Å². The fraction of sp³-hybridized carbons (Fsp3) is 0.381. The van der Waals surface area contributed by atoms with Crippen molar-refractivity contribution in [3.63, 3.8) is 0 Å². The van der Waals surface area contributed by atoms with Crippen LogP contribution in [0, 0.1) is 6.92 Å². The number of morpholine rings is 1. The van der Waals surface area contributed by atoms with Crippen LogP contribution in [0.1, 0.15) is 23.0 Å². The third-order valence-corrected chi connectivity index (χ3v) is 6.89. The first-order valence-electron chi connectivity index (χ1n) is 9.99. The molecule has 0 bridgehead atoms. The zero-order valence-electron chi connectivity index (χ0n) is 17.5. The molecule has 164 valence electrons. The summed E-state index contributed by atoms with van der Waals surface area (Å²) in [7, 11) is -2.01. The Morgan fingerprint density at radius 1 is 1.06 bits per heavy atom. The van der Waals surface area contributed by atoms with Crippen LogP contribution in [0.25, 0.3) is 0 Å². The number of methoxy groups -OCH3 is 1. The number of aryl methyl sites for hydroxylation is 1. The predicted octanol–water partition coefficient (Wildman–Crippen LogP) is 1.84. The van der Waals surface area contributed by atoms with Gasteiger partial charge in [-0.15, -0.1) is 5.10 Å². The first-order chi connectivity index (χ1) is 15.0. The smallest absolute Gasteiger partial charge is 0.198 e. The van der Waals surface area contributed by atoms with Crippen LogP contribution in [0.15, 0.2) is 53.4 Å². The van der Waals surface area contributed by atoms with Gasteiger partial charge < -0.3 is 9.47 Å². The summed E-state index contributed by atoms with van der Waals surface area (Å²) < 4.78 is 38.2. The van der Waals surface area contributed by atoms with Gasteiger partial charge in [-0.05, 0) is 47.2 Å². The number of aromatic nitrogens is 4. The summed E-state index contributed by atoms with van der Waals surface area (Å²) in [5.74, 6) is 0.879. The number of nitrogens with zero attached hydrogens (tertiary/aromatic N) is 5. The highest BCUT2D eigenvalue weighted by atomic mass is 32.2. The molecule has 31 heavy (non-hydrogen) atoms. The first kappa shape index (κ1) is 21.4. The second kappa shape index (κ2) is 9.13. The maximum Gasteiger partial charge on any atom is 0.198 e. The van der Waals surface area contributed by atoms with E-state index in [2.05, 4.69) is 20.4 Å². The van der Waals surface area contributed by atoms with Crippen molar-refractivity contribution in [2.45, 2.75) is 23.7 Å². The van der Waals surface area contributed by atoms with Crippen LogP contribution in [0.3, 0.4) is 0 Å².